The van der Waals surface area contributed by atoms with Crippen LogP contribution in [0.3, 0.4) is 0 Å². The highest BCUT2D eigenvalue weighted by Gasteiger charge is 2.44. The summed E-state index contributed by atoms with van der Waals surface area (Å²) < 4.78 is 0. The number of likely N-dealkylation sites (N-methyl/N-ethyl adjacent to an activating group) is 1. The zero-order chi connectivity index (χ0) is 22.1. The summed E-state index contributed by atoms with van der Waals surface area (Å²) in [4.78, 5) is 63.0. The van der Waals surface area contributed by atoms with Gasteiger partial charge in [-0.25, -0.2) is 9.69 Å². The van der Waals surface area contributed by atoms with Gasteiger partial charge in [0.2, 0.25) is 17.6 Å². The molecule has 5 amide bonds. The number of Topliss-reactive ketones (excluding diaryl/α,β-unsaturated/α-hetero) is 1. The number of nitrogens with zero attached hydrogens (tertiary/aromatic N) is 1. The molecule has 0 aliphatic carbocycles. The molecule has 0 aromatic rings. The second kappa shape index (κ2) is 11.3. The Morgan fingerprint density at radius 1 is 1.31 bits per heavy atom. The minimum Gasteiger partial charge on any atom is -0.346 e. The molecule has 1 heterocycles. The van der Waals surface area contributed by atoms with Crippen molar-refractivity contribution in [2.45, 2.75) is 51.7 Å². The van der Waals surface area contributed by atoms with E-state index in [1.54, 1.807) is 7.05 Å². The Kier molecular flexibility index (Phi) is 9.46. The molecule has 1 rings (SSSR count). The molecule has 0 aromatic heterocycles. The van der Waals surface area contributed by atoms with Crippen molar-refractivity contribution in [3.05, 3.63) is 12.7 Å². The van der Waals surface area contributed by atoms with E-state index >= 15 is 0 Å². The molecule has 4 N–H and O–H groups in total. The van der Waals surface area contributed by atoms with E-state index in [4.69, 9.17) is 0 Å². The van der Waals surface area contributed by atoms with E-state index in [-0.39, 0.29) is 25.4 Å². The smallest absolute Gasteiger partial charge is 0.325 e. The van der Waals surface area contributed by atoms with Gasteiger partial charge in [0.25, 0.3) is 5.91 Å². The van der Waals surface area contributed by atoms with Gasteiger partial charge in [-0.1, -0.05) is 33.3 Å². The van der Waals surface area contributed by atoms with Crippen molar-refractivity contribution in [2.75, 3.05) is 20.1 Å². The fourth-order valence-electron chi connectivity index (χ4n) is 3.09. The molecule has 1 saturated heterocycles. The Bertz CT molecular complexity index is 663. The summed E-state index contributed by atoms with van der Waals surface area (Å²) >= 11 is 0. The van der Waals surface area contributed by atoms with Crippen molar-refractivity contribution in [3.8, 4) is 0 Å². The third kappa shape index (κ3) is 6.11. The van der Waals surface area contributed by atoms with Gasteiger partial charge in [0.15, 0.2) is 0 Å². The topological polar surface area (TPSA) is 137 Å². The fourth-order valence-corrected chi connectivity index (χ4v) is 3.09. The minimum absolute atomic E-state index is 0.0688. The quantitative estimate of drug-likeness (QED) is 0.263. The first-order valence-electron chi connectivity index (χ1n) is 9.70. The van der Waals surface area contributed by atoms with Crippen LogP contribution in [-0.4, -0.2) is 72.7 Å². The van der Waals surface area contributed by atoms with E-state index in [0.29, 0.717) is 6.42 Å². The SMILES string of the molecule is C=CCNC(=O)C(=O)C(CCC)NC(=O)C1CNC(=O)N1C(=O)C(NC)C(C)C. The Balaban J connectivity index is 2.96. The number of amides is 5. The predicted octanol–water partition coefficient (Wildman–Crippen LogP) is -0.693. The van der Waals surface area contributed by atoms with E-state index in [9.17, 15) is 24.0 Å². The summed E-state index contributed by atoms with van der Waals surface area (Å²) in [6, 6.07) is -3.46. The third-order valence-corrected chi connectivity index (χ3v) is 4.60. The molecule has 162 valence electrons. The molecule has 3 unspecified atom stereocenters. The number of hydrogen-bond acceptors (Lipinski definition) is 6. The Hall–Kier alpha value is -2.75. The highest BCUT2D eigenvalue weighted by atomic mass is 16.2. The largest absolute Gasteiger partial charge is 0.346 e. The maximum atomic E-state index is 12.8. The standard InChI is InChI=1S/C19H31N5O5/c1-6-8-12(15(25)17(27)21-9-7-2)23-16(26)13-10-22-19(29)24(13)18(28)14(20-5)11(3)4/h7,11-14,20H,2,6,8-10H2,1,3-5H3,(H,21,27)(H,22,29)(H,23,26). The van der Waals surface area contributed by atoms with Crippen molar-refractivity contribution >= 4 is 29.5 Å². The lowest BCUT2D eigenvalue weighted by Gasteiger charge is -2.28. The molecular weight excluding hydrogens is 378 g/mol. The van der Waals surface area contributed by atoms with E-state index < -0.39 is 47.7 Å². The first-order valence-corrected chi connectivity index (χ1v) is 9.70. The summed E-state index contributed by atoms with van der Waals surface area (Å²) in [5, 5.41) is 10.3. The van der Waals surface area contributed by atoms with Crippen molar-refractivity contribution in [1.82, 2.24) is 26.2 Å². The minimum atomic E-state index is -1.10. The fraction of sp³-hybridized carbons (Fsp3) is 0.632. The molecule has 0 saturated carbocycles. The molecule has 0 radical (unpaired) electrons. The second-order valence-electron chi connectivity index (χ2n) is 7.13. The monoisotopic (exact) mass is 409 g/mol. The molecule has 1 fully saturated rings. The van der Waals surface area contributed by atoms with Gasteiger partial charge in [0.1, 0.15) is 6.04 Å². The van der Waals surface area contributed by atoms with Gasteiger partial charge in [-0.3, -0.25) is 19.2 Å². The van der Waals surface area contributed by atoms with Crippen LogP contribution in [0.2, 0.25) is 0 Å². The van der Waals surface area contributed by atoms with Gasteiger partial charge in [-0.2, -0.15) is 0 Å². The van der Waals surface area contributed by atoms with Crippen LogP contribution in [-0.2, 0) is 19.2 Å². The summed E-state index contributed by atoms with van der Waals surface area (Å²) in [6.07, 6.45) is 2.23. The van der Waals surface area contributed by atoms with Crippen LogP contribution in [0.25, 0.3) is 0 Å². The average molecular weight is 409 g/mol. The molecule has 3 atom stereocenters. The van der Waals surface area contributed by atoms with Crippen LogP contribution < -0.4 is 21.3 Å². The molecular formula is C19H31N5O5. The van der Waals surface area contributed by atoms with Gasteiger partial charge in [0.05, 0.1) is 12.1 Å². The maximum Gasteiger partial charge on any atom is 0.325 e. The van der Waals surface area contributed by atoms with Crippen LogP contribution in [0.15, 0.2) is 12.7 Å². The number of ketones is 1. The van der Waals surface area contributed by atoms with Gasteiger partial charge < -0.3 is 21.3 Å². The molecule has 0 bridgehead atoms. The molecule has 1 aliphatic heterocycles. The maximum absolute atomic E-state index is 12.8. The van der Waals surface area contributed by atoms with E-state index in [0.717, 1.165) is 4.90 Å². The first kappa shape index (κ1) is 24.3. The van der Waals surface area contributed by atoms with Gasteiger partial charge in [-0.05, 0) is 19.4 Å². The first-order chi connectivity index (χ1) is 13.7. The predicted molar refractivity (Wildman–Crippen MR) is 107 cm³/mol. The lowest BCUT2D eigenvalue weighted by atomic mass is 10.0. The number of carbonyl (C=O) groups excluding carboxylic acids is 5. The zero-order valence-corrected chi connectivity index (χ0v) is 17.4. The summed E-state index contributed by atoms with van der Waals surface area (Å²) in [7, 11) is 1.60. The van der Waals surface area contributed by atoms with Crippen molar-refractivity contribution in [1.29, 1.82) is 0 Å². The summed E-state index contributed by atoms with van der Waals surface area (Å²) in [6.45, 7) is 8.97. The zero-order valence-electron chi connectivity index (χ0n) is 17.4. The van der Waals surface area contributed by atoms with Crippen LogP contribution in [0, 0.1) is 5.92 Å². The summed E-state index contributed by atoms with van der Waals surface area (Å²) in [5.74, 6) is -2.91. The Morgan fingerprint density at radius 3 is 2.48 bits per heavy atom. The highest BCUT2D eigenvalue weighted by Crippen LogP contribution is 2.14. The molecule has 1 aliphatic rings. The van der Waals surface area contributed by atoms with Crippen LogP contribution in [0.4, 0.5) is 4.79 Å². The molecule has 29 heavy (non-hydrogen) atoms. The van der Waals surface area contributed by atoms with E-state index in [1.807, 2.05) is 20.8 Å². The highest BCUT2D eigenvalue weighted by molar-refractivity contribution is 6.38. The number of rotatable bonds is 11. The number of nitrogens with one attached hydrogen (secondary N) is 4. The van der Waals surface area contributed by atoms with Crippen molar-refractivity contribution in [2.24, 2.45) is 5.92 Å². The van der Waals surface area contributed by atoms with Crippen LogP contribution >= 0.6 is 0 Å². The van der Waals surface area contributed by atoms with Gasteiger partial charge in [0, 0.05) is 13.1 Å². The lowest BCUT2D eigenvalue weighted by molar-refractivity contribution is -0.141. The molecule has 0 spiro atoms. The van der Waals surface area contributed by atoms with Gasteiger partial charge >= 0.3 is 6.03 Å². The normalized spacial score (nSPS) is 18.0. The molecule has 0 aromatic carbocycles. The summed E-state index contributed by atoms with van der Waals surface area (Å²) in [5.41, 5.74) is 0. The second-order valence-corrected chi connectivity index (χ2v) is 7.13. The van der Waals surface area contributed by atoms with E-state index in [2.05, 4.69) is 27.8 Å². The average Bonchev–Trinajstić information content (AvgIpc) is 3.06. The van der Waals surface area contributed by atoms with Crippen molar-refractivity contribution in [3.63, 3.8) is 0 Å². The third-order valence-electron chi connectivity index (χ3n) is 4.60. The number of urea groups is 1. The molecule has 10 nitrogen and oxygen atoms in total. The Morgan fingerprint density at radius 2 is 1.97 bits per heavy atom. The van der Waals surface area contributed by atoms with Gasteiger partial charge in [-0.15, -0.1) is 6.58 Å². The van der Waals surface area contributed by atoms with E-state index in [1.165, 1.54) is 6.08 Å². The number of carbonyl (C=O) groups is 5. The number of hydrogen-bond donors (Lipinski definition) is 4. The lowest BCUT2D eigenvalue weighted by Crippen LogP contribution is -2.57. The van der Waals surface area contributed by atoms with Crippen molar-refractivity contribution < 1.29 is 24.0 Å². The van der Waals surface area contributed by atoms with Crippen LogP contribution in [0.1, 0.15) is 33.6 Å². The van der Waals surface area contributed by atoms with Crippen LogP contribution in [0.5, 0.6) is 0 Å². The Labute approximate surface area is 170 Å². The molecule has 10 heteroatoms. The number of imide groups is 1.